The van der Waals surface area contributed by atoms with Gasteiger partial charge in [-0.3, -0.25) is 0 Å². The van der Waals surface area contributed by atoms with E-state index in [1.807, 2.05) is 18.2 Å². The molecule has 0 aromatic heterocycles. The molecule has 1 rings (SSSR count). The summed E-state index contributed by atoms with van der Waals surface area (Å²) in [6, 6.07) is 7.86. The molecule has 1 aromatic rings. The smallest absolute Gasteiger partial charge is 0.0733 e. The van der Waals surface area contributed by atoms with Gasteiger partial charge in [0.1, 0.15) is 0 Å². The van der Waals surface area contributed by atoms with E-state index in [4.69, 9.17) is 5.73 Å². The molecule has 0 spiro atoms. The number of halogens is 1. The predicted octanol–water partition coefficient (Wildman–Crippen LogP) is 4.80. The fourth-order valence-electron chi connectivity index (χ4n) is 2.07. The SMILES string of the molecule is CC(C)CC[C@H](O)[C@H](N)c1ccccc1SC(C)(C)C.Cl. The van der Waals surface area contributed by atoms with Crippen LogP contribution in [-0.4, -0.2) is 16.0 Å². The van der Waals surface area contributed by atoms with E-state index in [2.05, 4.69) is 40.7 Å². The van der Waals surface area contributed by atoms with Crippen LogP contribution in [0.15, 0.2) is 29.2 Å². The molecule has 122 valence electrons. The maximum Gasteiger partial charge on any atom is 0.0733 e. The number of rotatable bonds is 6. The van der Waals surface area contributed by atoms with Crippen LogP contribution in [0.5, 0.6) is 0 Å². The fourth-order valence-corrected chi connectivity index (χ4v) is 3.20. The number of nitrogens with two attached hydrogens (primary N) is 1. The van der Waals surface area contributed by atoms with Crippen LogP contribution in [0.2, 0.25) is 0 Å². The predicted molar refractivity (Wildman–Crippen MR) is 96.3 cm³/mol. The van der Waals surface area contributed by atoms with Crippen LogP contribution in [0.3, 0.4) is 0 Å². The van der Waals surface area contributed by atoms with Crippen LogP contribution in [0, 0.1) is 5.92 Å². The minimum Gasteiger partial charge on any atom is -0.391 e. The Morgan fingerprint density at radius 1 is 1.14 bits per heavy atom. The van der Waals surface area contributed by atoms with Crippen molar-refractivity contribution in [1.82, 2.24) is 0 Å². The molecule has 0 aliphatic carbocycles. The second-order valence-electron chi connectivity index (χ2n) is 6.82. The van der Waals surface area contributed by atoms with Crippen LogP contribution in [-0.2, 0) is 0 Å². The Morgan fingerprint density at radius 3 is 2.24 bits per heavy atom. The molecule has 0 fully saturated rings. The fraction of sp³-hybridized carbons (Fsp3) is 0.647. The van der Waals surface area contributed by atoms with Crippen LogP contribution in [0.1, 0.15) is 59.1 Å². The molecule has 1 aromatic carbocycles. The zero-order valence-corrected chi connectivity index (χ0v) is 15.4. The number of aliphatic hydroxyl groups is 1. The number of hydrogen-bond donors (Lipinski definition) is 2. The normalized spacial score (nSPS) is 14.7. The van der Waals surface area contributed by atoms with Crippen molar-refractivity contribution in [3.8, 4) is 0 Å². The van der Waals surface area contributed by atoms with Crippen LogP contribution < -0.4 is 5.73 Å². The van der Waals surface area contributed by atoms with E-state index in [0.29, 0.717) is 5.92 Å². The summed E-state index contributed by atoms with van der Waals surface area (Å²) in [6.45, 7) is 10.9. The van der Waals surface area contributed by atoms with Gasteiger partial charge < -0.3 is 10.8 Å². The van der Waals surface area contributed by atoms with Crippen molar-refractivity contribution in [2.45, 2.75) is 69.2 Å². The molecular weight excluding hydrogens is 302 g/mol. The van der Waals surface area contributed by atoms with Gasteiger partial charge in [-0.1, -0.05) is 52.8 Å². The first-order chi connectivity index (χ1) is 9.20. The minimum absolute atomic E-state index is 0. The van der Waals surface area contributed by atoms with Crippen LogP contribution in [0.25, 0.3) is 0 Å². The average molecular weight is 332 g/mol. The zero-order valence-electron chi connectivity index (χ0n) is 13.8. The highest BCUT2D eigenvalue weighted by Crippen LogP contribution is 2.36. The summed E-state index contributed by atoms with van der Waals surface area (Å²) in [5.74, 6) is 0.594. The molecule has 0 unspecified atom stereocenters. The average Bonchev–Trinajstić information content (AvgIpc) is 2.33. The highest BCUT2D eigenvalue weighted by atomic mass is 35.5. The van der Waals surface area contributed by atoms with E-state index in [0.717, 1.165) is 18.4 Å². The van der Waals surface area contributed by atoms with E-state index < -0.39 is 6.10 Å². The molecule has 21 heavy (non-hydrogen) atoms. The first-order valence-corrected chi connectivity index (χ1v) is 8.24. The van der Waals surface area contributed by atoms with Gasteiger partial charge in [-0.15, -0.1) is 24.2 Å². The summed E-state index contributed by atoms with van der Waals surface area (Å²) in [5, 5.41) is 10.3. The van der Waals surface area contributed by atoms with E-state index in [1.54, 1.807) is 11.8 Å². The molecule has 4 heteroatoms. The number of aliphatic hydroxyl groups excluding tert-OH is 1. The minimum atomic E-state index is -0.473. The van der Waals surface area contributed by atoms with Crippen molar-refractivity contribution in [1.29, 1.82) is 0 Å². The Bertz CT molecular complexity index is 417. The van der Waals surface area contributed by atoms with E-state index in [-0.39, 0.29) is 23.2 Å². The molecule has 2 atom stereocenters. The van der Waals surface area contributed by atoms with Gasteiger partial charge in [-0.2, -0.15) is 0 Å². The molecular formula is C17H30ClNOS. The highest BCUT2D eigenvalue weighted by molar-refractivity contribution is 8.00. The summed E-state index contributed by atoms with van der Waals surface area (Å²) in [6.07, 6.45) is 1.29. The molecule has 0 aliphatic heterocycles. The monoisotopic (exact) mass is 331 g/mol. The lowest BCUT2D eigenvalue weighted by molar-refractivity contribution is 0.127. The third-order valence-electron chi connectivity index (χ3n) is 3.15. The second-order valence-corrected chi connectivity index (χ2v) is 8.69. The van der Waals surface area contributed by atoms with Crippen molar-refractivity contribution in [3.05, 3.63) is 29.8 Å². The van der Waals surface area contributed by atoms with Gasteiger partial charge in [0, 0.05) is 9.64 Å². The highest BCUT2D eigenvalue weighted by Gasteiger charge is 2.22. The first-order valence-electron chi connectivity index (χ1n) is 7.42. The van der Waals surface area contributed by atoms with Crippen molar-refractivity contribution < 1.29 is 5.11 Å². The molecule has 0 heterocycles. The lowest BCUT2D eigenvalue weighted by Crippen LogP contribution is -2.27. The van der Waals surface area contributed by atoms with Gasteiger partial charge in [0.25, 0.3) is 0 Å². The quantitative estimate of drug-likeness (QED) is 0.736. The zero-order chi connectivity index (χ0) is 15.3. The van der Waals surface area contributed by atoms with Crippen molar-refractivity contribution in [2.75, 3.05) is 0 Å². The molecule has 0 amide bonds. The Kier molecular flexibility index (Phi) is 8.94. The van der Waals surface area contributed by atoms with Crippen molar-refractivity contribution >= 4 is 24.2 Å². The Balaban J connectivity index is 0.00000400. The van der Waals surface area contributed by atoms with Gasteiger partial charge in [-0.05, 0) is 30.4 Å². The summed E-state index contributed by atoms with van der Waals surface area (Å²) in [5.41, 5.74) is 7.34. The summed E-state index contributed by atoms with van der Waals surface area (Å²) < 4.78 is 0.138. The van der Waals surface area contributed by atoms with Gasteiger partial charge >= 0.3 is 0 Å². The molecule has 2 nitrogen and oxygen atoms in total. The van der Waals surface area contributed by atoms with Crippen LogP contribution in [0.4, 0.5) is 0 Å². The number of hydrogen-bond acceptors (Lipinski definition) is 3. The Labute approximate surface area is 140 Å². The molecule has 0 saturated carbocycles. The van der Waals surface area contributed by atoms with Gasteiger partial charge in [0.15, 0.2) is 0 Å². The van der Waals surface area contributed by atoms with Gasteiger partial charge in [0.05, 0.1) is 12.1 Å². The maximum absolute atomic E-state index is 10.3. The van der Waals surface area contributed by atoms with E-state index in [9.17, 15) is 5.11 Å². The summed E-state index contributed by atoms with van der Waals surface area (Å²) in [7, 11) is 0. The third kappa shape index (κ3) is 7.55. The molecule has 0 bridgehead atoms. The van der Waals surface area contributed by atoms with Crippen molar-refractivity contribution in [3.63, 3.8) is 0 Å². The summed E-state index contributed by atoms with van der Waals surface area (Å²) >= 11 is 1.81. The Morgan fingerprint density at radius 2 is 1.71 bits per heavy atom. The summed E-state index contributed by atoms with van der Waals surface area (Å²) in [4.78, 5) is 1.18. The molecule has 0 aliphatic rings. The third-order valence-corrected chi connectivity index (χ3v) is 4.35. The van der Waals surface area contributed by atoms with Crippen LogP contribution >= 0.6 is 24.2 Å². The standard InChI is InChI=1S/C17H29NOS.ClH/c1-12(2)10-11-14(19)16(18)13-8-6-7-9-15(13)20-17(3,4)5;/h6-9,12,14,16,19H,10-11,18H2,1-5H3;1H/t14-,16+;/m0./s1. The van der Waals surface area contributed by atoms with E-state index in [1.165, 1.54) is 4.90 Å². The van der Waals surface area contributed by atoms with Gasteiger partial charge in [0.2, 0.25) is 0 Å². The van der Waals surface area contributed by atoms with Gasteiger partial charge in [-0.25, -0.2) is 0 Å². The maximum atomic E-state index is 10.3. The number of thioether (sulfide) groups is 1. The molecule has 3 N–H and O–H groups in total. The topological polar surface area (TPSA) is 46.2 Å². The lowest BCUT2D eigenvalue weighted by Gasteiger charge is -2.25. The van der Waals surface area contributed by atoms with Crippen molar-refractivity contribution in [2.24, 2.45) is 11.7 Å². The van der Waals surface area contributed by atoms with E-state index >= 15 is 0 Å². The first kappa shape index (κ1) is 20.8. The number of benzene rings is 1. The molecule has 0 radical (unpaired) electrons. The largest absolute Gasteiger partial charge is 0.391 e. The Hall–Kier alpha value is -0.220. The molecule has 0 saturated heterocycles. The lowest BCUT2D eigenvalue weighted by atomic mass is 9.96. The second kappa shape index (κ2) is 9.04.